The van der Waals surface area contributed by atoms with Gasteiger partial charge in [0.05, 0.1) is 19.2 Å². The summed E-state index contributed by atoms with van der Waals surface area (Å²) < 4.78 is 21.5. The fraction of sp³-hybridized carbons (Fsp3) is 0.526. The molecular formula is C19H25FN6O. The van der Waals surface area contributed by atoms with Crippen LogP contribution < -0.4 is 5.32 Å². The van der Waals surface area contributed by atoms with Gasteiger partial charge >= 0.3 is 0 Å². The number of ether oxygens (including phenoxy) is 1. The summed E-state index contributed by atoms with van der Waals surface area (Å²) in [6.07, 6.45) is 2.06. The lowest BCUT2D eigenvalue weighted by atomic mass is 10.1. The SMILES string of the molecule is CN=C(NCc1nnc2n1CCC2)N1CC(C)OC(c2ccc(F)cc2)C1. The number of morpholine rings is 1. The number of hydrogen-bond donors (Lipinski definition) is 1. The van der Waals surface area contributed by atoms with E-state index in [4.69, 9.17) is 4.74 Å². The van der Waals surface area contributed by atoms with Gasteiger partial charge in [0.15, 0.2) is 11.8 Å². The maximum atomic E-state index is 13.2. The fourth-order valence-electron chi connectivity index (χ4n) is 3.82. The molecule has 1 aromatic heterocycles. The van der Waals surface area contributed by atoms with Gasteiger partial charge < -0.3 is 19.5 Å². The number of nitrogens with one attached hydrogen (secondary N) is 1. The summed E-state index contributed by atoms with van der Waals surface area (Å²) in [5.74, 6) is 2.59. The summed E-state index contributed by atoms with van der Waals surface area (Å²) in [6, 6.07) is 6.51. The van der Waals surface area contributed by atoms with Crippen molar-refractivity contribution in [2.24, 2.45) is 4.99 Å². The minimum atomic E-state index is -0.238. The smallest absolute Gasteiger partial charge is 0.194 e. The van der Waals surface area contributed by atoms with Gasteiger partial charge in [0, 0.05) is 26.6 Å². The topological polar surface area (TPSA) is 67.6 Å². The highest BCUT2D eigenvalue weighted by Crippen LogP contribution is 2.25. The number of fused-ring (bicyclic) bond motifs is 1. The molecule has 1 fully saturated rings. The lowest BCUT2D eigenvalue weighted by Gasteiger charge is -2.38. The Kier molecular flexibility index (Phi) is 5.07. The summed E-state index contributed by atoms with van der Waals surface area (Å²) in [7, 11) is 1.78. The molecule has 2 aliphatic rings. The van der Waals surface area contributed by atoms with Gasteiger partial charge in [-0.05, 0) is 31.0 Å². The van der Waals surface area contributed by atoms with E-state index in [2.05, 4.69) is 30.0 Å². The second kappa shape index (κ2) is 7.64. The van der Waals surface area contributed by atoms with Crippen LogP contribution in [0.2, 0.25) is 0 Å². The molecule has 2 aliphatic heterocycles. The number of hydrogen-bond acceptors (Lipinski definition) is 4. The molecule has 0 spiro atoms. The van der Waals surface area contributed by atoms with Gasteiger partial charge in [-0.3, -0.25) is 4.99 Å². The van der Waals surface area contributed by atoms with Gasteiger partial charge in [-0.25, -0.2) is 4.39 Å². The van der Waals surface area contributed by atoms with E-state index in [1.807, 2.05) is 6.92 Å². The molecular weight excluding hydrogens is 347 g/mol. The van der Waals surface area contributed by atoms with Crippen LogP contribution in [-0.2, 0) is 24.2 Å². The zero-order valence-corrected chi connectivity index (χ0v) is 15.7. The van der Waals surface area contributed by atoms with E-state index < -0.39 is 0 Å². The van der Waals surface area contributed by atoms with Crippen molar-refractivity contribution < 1.29 is 9.13 Å². The van der Waals surface area contributed by atoms with Crippen molar-refractivity contribution in [2.45, 2.75) is 45.1 Å². The van der Waals surface area contributed by atoms with E-state index in [-0.39, 0.29) is 18.0 Å². The van der Waals surface area contributed by atoms with E-state index >= 15 is 0 Å². The van der Waals surface area contributed by atoms with Crippen LogP contribution in [0, 0.1) is 5.82 Å². The normalized spacial score (nSPS) is 22.8. The molecule has 7 nitrogen and oxygen atoms in total. The average Bonchev–Trinajstić information content (AvgIpc) is 3.27. The minimum absolute atomic E-state index is 0.0460. The molecule has 3 heterocycles. The standard InChI is InChI=1S/C19H25FN6O/c1-13-11-25(12-16(27-13)14-5-7-15(20)8-6-14)19(21-2)22-10-18-24-23-17-4-3-9-26(17)18/h5-8,13,16H,3-4,9-12H2,1-2H3,(H,21,22). The van der Waals surface area contributed by atoms with Gasteiger partial charge in [-0.1, -0.05) is 12.1 Å². The highest BCUT2D eigenvalue weighted by Gasteiger charge is 2.28. The number of aryl methyl sites for hydroxylation is 1. The highest BCUT2D eigenvalue weighted by atomic mass is 19.1. The third kappa shape index (κ3) is 3.80. The van der Waals surface area contributed by atoms with Gasteiger partial charge in [0.1, 0.15) is 17.7 Å². The Morgan fingerprint density at radius 3 is 2.89 bits per heavy atom. The van der Waals surface area contributed by atoms with Gasteiger partial charge in [0.25, 0.3) is 0 Å². The minimum Gasteiger partial charge on any atom is -0.367 e. The summed E-state index contributed by atoms with van der Waals surface area (Å²) in [6.45, 7) is 5.02. The third-order valence-electron chi connectivity index (χ3n) is 5.10. The molecule has 4 rings (SSSR count). The van der Waals surface area contributed by atoms with E-state index in [9.17, 15) is 4.39 Å². The van der Waals surface area contributed by atoms with E-state index in [1.54, 1.807) is 19.2 Å². The largest absolute Gasteiger partial charge is 0.367 e. The highest BCUT2D eigenvalue weighted by molar-refractivity contribution is 5.80. The summed E-state index contributed by atoms with van der Waals surface area (Å²) in [4.78, 5) is 6.62. The predicted molar refractivity (Wildman–Crippen MR) is 99.8 cm³/mol. The molecule has 0 amide bonds. The molecule has 1 aromatic carbocycles. The van der Waals surface area contributed by atoms with Crippen LogP contribution in [0.4, 0.5) is 4.39 Å². The first kappa shape index (κ1) is 17.9. The van der Waals surface area contributed by atoms with Crippen LogP contribution in [0.15, 0.2) is 29.3 Å². The van der Waals surface area contributed by atoms with Crippen molar-refractivity contribution in [1.29, 1.82) is 0 Å². The zero-order valence-electron chi connectivity index (χ0n) is 15.7. The van der Waals surface area contributed by atoms with Crippen LogP contribution in [-0.4, -0.2) is 51.9 Å². The van der Waals surface area contributed by atoms with E-state index in [1.165, 1.54) is 12.1 Å². The molecule has 0 bridgehead atoms. The first-order valence-electron chi connectivity index (χ1n) is 9.41. The number of benzene rings is 1. The van der Waals surface area contributed by atoms with E-state index in [0.717, 1.165) is 49.1 Å². The maximum absolute atomic E-state index is 13.2. The van der Waals surface area contributed by atoms with Crippen LogP contribution >= 0.6 is 0 Å². The Bertz CT molecular complexity index is 818. The molecule has 27 heavy (non-hydrogen) atoms. The summed E-state index contributed by atoms with van der Waals surface area (Å²) >= 11 is 0. The number of nitrogens with zero attached hydrogens (tertiary/aromatic N) is 5. The molecule has 2 unspecified atom stereocenters. The number of aliphatic imine (C=N–C) groups is 1. The Balaban J connectivity index is 1.44. The van der Waals surface area contributed by atoms with Crippen molar-refractivity contribution in [3.8, 4) is 0 Å². The predicted octanol–water partition coefficient (Wildman–Crippen LogP) is 1.90. The molecule has 1 saturated heterocycles. The Morgan fingerprint density at radius 1 is 1.30 bits per heavy atom. The fourth-order valence-corrected chi connectivity index (χ4v) is 3.82. The zero-order chi connectivity index (χ0) is 18.8. The average molecular weight is 372 g/mol. The molecule has 144 valence electrons. The second-order valence-electron chi connectivity index (χ2n) is 7.08. The Morgan fingerprint density at radius 2 is 2.11 bits per heavy atom. The molecule has 0 radical (unpaired) electrons. The molecule has 2 aromatic rings. The number of halogens is 1. The van der Waals surface area contributed by atoms with Gasteiger partial charge in [0.2, 0.25) is 0 Å². The van der Waals surface area contributed by atoms with Gasteiger partial charge in [-0.15, -0.1) is 10.2 Å². The molecule has 0 aliphatic carbocycles. The van der Waals surface area contributed by atoms with Crippen LogP contribution in [0.5, 0.6) is 0 Å². The van der Waals surface area contributed by atoms with Crippen molar-refractivity contribution in [3.63, 3.8) is 0 Å². The quantitative estimate of drug-likeness (QED) is 0.658. The molecule has 1 N–H and O–H groups in total. The first-order valence-corrected chi connectivity index (χ1v) is 9.41. The lowest BCUT2D eigenvalue weighted by molar-refractivity contribution is -0.0605. The summed E-state index contributed by atoms with van der Waals surface area (Å²) in [5, 5.41) is 12.0. The van der Waals surface area contributed by atoms with E-state index in [0.29, 0.717) is 13.1 Å². The number of guanidine groups is 1. The Labute approximate surface area is 158 Å². The van der Waals surface area contributed by atoms with Crippen LogP contribution in [0.3, 0.4) is 0 Å². The van der Waals surface area contributed by atoms with Crippen LogP contribution in [0.1, 0.15) is 36.7 Å². The third-order valence-corrected chi connectivity index (χ3v) is 5.10. The van der Waals surface area contributed by atoms with Crippen LogP contribution in [0.25, 0.3) is 0 Å². The molecule has 2 atom stereocenters. The maximum Gasteiger partial charge on any atom is 0.194 e. The number of rotatable bonds is 3. The first-order chi connectivity index (χ1) is 13.1. The second-order valence-corrected chi connectivity index (χ2v) is 7.08. The lowest BCUT2D eigenvalue weighted by Crippen LogP contribution is -2.50. The Hall–Kier alpha value is -2.48. The van der Waals surface area contributed by atoms with Crippen molar-refractivity contribution in [1.82, 2.24) is 25.0 Å². The number of aromatic nitrogens is 3. The summed E-state index contributed by atoms with van der Waals surface area (Å²) in [5.41, 5.74) is 0.971. The van der Waals surface area contributed by atoms with Gasteiger partial charge in [-0.2, -0.15) is 0 Å². The van der Waals surface area contributed by atoms with Crippen molar-refractivity contribution >= 4 is 5.96 Å². The monoisotopic (exact) mass is 372 g/mol. The van der Waals surface area contributed by atoms with Crippen molar-refractivity contribution in [3.05, 3.63) is 47.3 Å². The van der Waals surface area contributed by atoms with Crippen molar-refractivity contribution in [2.75, 3.05) is 20.1 Å². The molecule has 0 saturated carbocycles. The molecule has 8 heteroatoms.